The number of carbonyl (C=O) groups is 2. The molecule has 1 amide bonds. The van der Waals surface area contributed by atoms with E-state index in [1.807, 2.05) is 30.3 Å². The summed E-state index contributed by atoms with van der Waals surface area (Å²) in [6.45, 7) is 0.308. The Labute approximate surface area is 156 Å². The molecule has 0 spiro atoms. The number of ether oxygens (including phenoxy) is 2. The van der Waals surface area contributed by atoms with Crippen molar-refractivity contribution in [3.8, 4) is 5.88 Å². The molecule has 0 atom stereocenters. The molecule has 0 saturated heterocycles. The summed E-state index contributed by atoms with van der Waals surface area (Å²) in [4.78, 5) is 25.9. The molecule has 7 heteroatoms. The van der Waals surface area contributed by atoms with Crippen LogP contribution < -0.4 is 9.64 Å². The van der Waals surface area contributed by atoms with Gasteiger partial charge in [-0.15, -0.1) is 0 Å². The van der Waals surface area contributed by atoms with Gasteiger partial charge in [0.2, 0.25) is 5.76 Å². The lowest BCUT2D eigenvalue weighted by molar-refractivity contribution is 0.0601. The number of benzene rings is 2. The molecule has 0 saturated carbocycles. The van der Waals surface area contributed by atoms with E-state index in [1.165, 1.54) is 25.1 Å². The first-order chi connectivity index (χ1) is 13.1. The summed E-state index contributed by atoms with van der Waals surface area (Å²) in [7, 11) is 2.82. The summed E-state index contributed by atoms with van der Waals surface area (Å²) in [6.07, 6.45) is 0. The second-order valence-electron chi connectivity index (χ2n) is 5.68. The Hall–Kier alpha value is -3.61. The van der Waals surface area contributed by atoms with Gasteiger partial charge in [0.15, 0.2) is 0 Å². The number of nitrogens with zero attached hydrogens (tertiary/aromatic N) is 2. The van der Waals surface area contributed by atoms with E-state index in [0.29, 0.717) is 12.3 Å². The fourth-order valence-corrected chi connectivity index (χ4v) is 2.48. The molecule has 1 aromatic heterocycles. The lowest BCUT2D eigenvalue weighted by Gasteiger charge is -2.18. The highest BCUT2D eigenvalue weighted by Crippen LogP contribution is 2.23. The largest absolute Gasteiger partial charge is 0.471 e. The number of amides is 1. The van der Waals surface area contributed by atoms with Crippen molar-refractivity contribution in [3.05, 3.63) is 77.6 Å². The Kier molecular flexibility index (Phi) is 5.51. The molecule has 1 heterocycles. The Morgan fingerprint density at radius 3 is 2.52 bits per heavy atom. The van der Waals surface area contributed by atoms with Crippen molar-refractivity contribution in [1.29, 1.82) is 0 Å². The first kappa shape index (κ1) is 18.2. The molecule has 0 aliphatic carbocycles. The van der Waals surface area contributed by atoms with Crippen LogP contribution in [-0.4, -0.2) is 31.2 Å². The number of hydrogen-bond donors (Lipinski definition) is 0. The molecule has 0 unspecified atom stereocenters. The molecular formula is C20H18N2O5. The van der Waals surface area contributed by atoms with Gasteiger partial charge in [0, 0.05) is 7.05 Å². The van der Waals surface area contributed by atoms with Crippen LogP contribution in [0.4, 0.5) is 5.69 Å². The zero-order chi connectivity index (χ0) is 19.2. The first-order valence-electron chi connectivity index (χ1n) is 8.19. The third kappa shape index (κ3) is 4.14. The van der Waals surface area contributed by atoms with Crippen molar-refractivity contribution in [2.45, 2.75) is 6.61 Å². The van der Waals surface area contributed by atoms with Gasteiger partial charge in [-0.2, -0.15) is 0 Å². The fraction of sp³-hybridized carbons (Fsp3) is 0.150. The molecule has 0 fully saturated rings. The van der Waals surface area contributed by atoms with Crippen molar-refractivity contribution in [1.82, 2.24) is 5.16 Å². The minimum atomic E-state index is -0.533. The van der Waals surface area contributed by atoms with Crippen molar-refractivity contribution in [2.24, 2.45) is 0 Å². The van der Waals surface area contributed by atoms with E-state index >= 15 is 0 Å². The zero-order valence-corrected chi connectivity index (χ0v) is 14.9. The minimum absolute atomic E-state index is 0.000213. The zero-order valence-electron chi connectivity index (χ0n) is 14.9. The average Bonchev–Trinajstić information content (AvgIpc) is 3.20. The number of esters is 1. The number of methoxy groups -OCH3 is 1. The number of rotatable bonds is 6. The summed E-state index contributed by atoms with van der Waals surface area (Å²) in [5, 5.41) is 3.77. The molecule has 3 aromatic rings. The number of para-hydroxylation sites is 1. The van der Waals surface area contributed by atoms with Gasteiger partial charge in [-0.1, -0.05) is 42.5 Å². The SMILES string of the molecule is COC(=O)c1ccccc1N(C)C(=O)c1cc(OCc2ccccc2)no1. The van der Waals surface area contributed by atoms with E-state index in [-0.39, 0.29) is 17.2 Å². The van der Waals surface area contributed by atoms with Crippen LogP contribution in [0.15, 0.2) is 65.2 Å². The summed E-state index contributed by atoms with van der Waals surface area (Å²) >= 11 is 0. The van der Waals surface area contributed by atoms with Gasteiger partial charge in [0.1, 0.15) is 6.61 Å². The maximum Gasteiger partial charge on any atom is 0.339 e. The van der Waals surface area contributed by atoms with Crippen LogP contribution in [0, 0.1) is 0 Å². The summed E-state index contributed by atoms with van der Waals surface area (Å²) in [5.41, 5.74) is 1.64. The quantitative estimate of drug-likeness (QED) is 0.623. The van der Waals surface area contributed by atoms with E-state index < -0.39 is 11.9 Å². The highest BCUT2D eigenvalue weighted by Gasteiger charge is 2.23. The molecule has 0 bridgehead atoms. The molecule has 2 aromatic carbocycles. The Morgan fingerprint density at radius 2 is 1.78 bits per heavy atom. The van der Waals surface area contributed by atoms with Gasteiger partial charge in [-0.05, 0) is 22.9 Å². The van der Waals surface area contributed by atoms with Crippen LogP contribution in [0.2, 0.25) is 0 Å². The minimum Gasteiger partial charge on any atom is -0.471 e. The van der Waals surface area contributed by atoms with E-state index in [1.54, 1.807) is 24.3 Å². The Balaban J connectivity index is 1.73. The summed E-state index contributed by atoms with van der Waals surface area (Å²) < 4.78 is 15.4. The van der Waals surface area contributed by atoms with E-state index in [2.05, 4.69) is 5.16 Å². The topological polar surface area (TPSA) is 81.9 Å². The maximum atomic E-state index is 12.7. The van der Waals surface area contributed by atoms with Gasteiger partial charge >= 0.3 is 5.97 Å². The van der Waals surface area contributed by atoms with E-state index in [9.17, 15) is 9.59 Å². The van der Waals surface area contributed by atoms with Gasteiger partial charge in [-0.3, -0.25) is 4.79 Å². The molecule has 0 aliphatic heterocycles. The van der Waals surface area contributed by atoms with Crippen molar-refractivity contribution in [3.63, 3.8) is 0 Å². The van der Waals surface area contributed by atoms with Crippen molar-refractivity contribution < 1.29 is 23.6 Å². The third-order valence-corrected chi connectivity index (χ3v) is 3.90. The monoisotopic (exact) mass is 366 g/mol. The fourth-order valence-electron chi connectivity index (χ4n) is 2.48. The van der Waals surface area contributed by atoms with Gasteiger partial charge < -0.3 is 18.9 Å². The molecule has 0 radical (unpaired) electrons. The maximum absolute atomic E-state index is 12.7. The predicted molar refractivity (Wildman–Crippen MR) is 97.8 cm³/mol. The van der Waals surface area contributed by atoms with Crippen LogP contribution >= 0.6 is 0 Å². The Morgan fingerprint density at radius 1 is 1.07 bits per heavy atom. The second-order valence-corrected chi connectivity index (χ2v) is 5.68. The normalized spacial score (nSPS) is 10.3. The molecule has 138 valence electrons. The Bertz CT molecular complexity index is 936. The van der Waals surface area contributed by atoms with E-state index in [0.717, 1.165) is 5.56 Å². The number of carbonyl (C=O) groups excluding carboxylic acids is 2. The summed E-state index contributed by atoms with van der Waals surface area (Å²) in [6, 6.07) is 17.6. The third-order valence-electron chi connectivity index (χ3n) is 3.90. The lowest BCUT2D eigenvalue weighted by atomic mass is 10.1. The molecule has 27 heavy (non-hydrogen) atoms. The van der Waals surface area contributed by atoms with Gasteiger partial charge in [0.05, 0.1) is 24.4 Å². The highest BCUT2D eigenvalue weighted by atomic mass is 16.5. The van der Waals surface area contributed by atoms with Crippen LogP contribution in [0.1, 0.15) is 26.5 Å². The second kappa shape index (κ2) is 8.18. The number of aromatic nitrogens is 1. The van der Waals surface area contributed by atoms with E-state index in [4.69, 9.17) is 14.0 Å². The van der Waals surface area contributed by atoms with Crippen LogP contribution in [0.25, 0.3) is 0 Å². The van der Waals surface area contributed by atoms with Gasteiger partial charge in [0.25, 0.3) is 11.8 Å². The highest BCUT2D eigenvalue weighted by molar-refractivity contribution is 6.08. The lowest BCUT2D eigenvalue weighted by Crippen LogP contribution is -2.27. The average molecular weight is 366 g/mol. The molecule has 0 aliphatic rings. The van der Waals surface area contributed by atoms with Gasteiger partial charge in [-0.25, -0.2) is 4.79 Å². The van der Waals surface area contributed by atoms with Crippen molar-refractivity contribution in [2.75, 3.05) is 19.1 Å². The number of anilines is 1. The molecule has 3 rings (SSSR count). The predicted octanol–water partition coefficient (Wildman–Crippen LogP) is 3.32. The molecular weight excluding hydrogens is 348 g/mol. The van der Waals surface area contributed by atoms with Crippen LogP contribution in [0.3, 0.4) is 0 Å². The summed E-state index contributed by atoms with van der Waals surface area (Å²) in [5.74, 6) is -0.791. The molecule has 7 nitrogen and oxygen atoms in total. The smallest absolute Gasteiger partial charge is 0.339 e. The van der Waals surface area contributed by atoms with Crippen LogP contribution in [0.5, 0.6) is 5.88 Å². The van der Waals surface area contributed by atoms with Crippen molar-refractivity contribution >= 4 is 17.6 Å². The molecule has 0 N–H and O–H groups in total. The first-order valence-corrected chi connectivity index (χ1v) is 8.19. The number of hydrogen-bond acceptors (Lipinski definition) is 6. The standard InChI is InChI=1S/C20H18N2O5/c1-22(16-11-7-6-10-15(16)20(24)25-2)19(23)17-12-18(21-27-17)26-13-14-8-4-3-5-9-14/h3-12H,13H2,1-2H3. The van der Waals surface area contributed by atoms with Crippen LogP contribution in [-0.2, 0) is 11.3 Å².